The highest BCUT2D eigenvalue weighted by atomic mass is 15.1. The lowest BCUT2D eigenvalue weighted by atomic mass is 10.3. The fraction of sp³-hybridized carbons (Fsp3) is 1.00. The van der Waals surface area contributed by atoms with Gasteiger partial charge in [0, 0.05) is 39.3 Å². The van der Waals surface area contributed by atoms with Gasteiger partial charge in [-0.15, -0.1) is 0 Å². The van der Waals surface area contributed by atoms with Crippen LogP contribution in [0.4, 0.5) is 0 Å². The fourth-order valence-electron chi connectivity index (χ4n) is 1.28. The molecule has 0 bridgehead atoms. The summed E-state index contributed by atoms with van der Waals surface area (Å²) in [6.07, 6.45) is 3.88. The Morgan fingerprint density at radius 3 is 0.727 bits per heavy atom. The molecule has 140 valence electrons. The molecule has 0 saturated heterocycles. The zero-order valence-electron chi connectivity index (χ0n) is 15.4. The van der Waals surface area contributed by atoms with E-state index in [9.17, 15) is 0 Å². The standard InChI is InChI=1S/C9H21N.3C2H8N2/c1-4-7-10(8-5-2)9-6-3;3*3-1-2-4/h4-9H2,1-3H3;3*1-4H2. The number of nitrogens with two attached hydrogens (primary N) is 6. The first-order valence-corrected chi connectivity index (χ1v) is 8.52. The predicted octanol–water partition coefficient (Wildman–Crippen LogP) is -0.770. The van der Waals surface area contributed by atoms with Gasteiger partial charge in [-0.3, -0.25) is 0 Å². The lowest BCUT2D eigenvalue weighted by Gasteiger charge is -2.19. The molecule has 0 aromatic heterocycles. The molecule has 0 fully saturated rings. The van der Waals surface area contributed by atoms with Crippen LogP contribution in [-0.4, -0.2) is 63.8 Å². The SMILES string of the molecule is CCCN(CCC)CCC.NCCN.NCCN.NCCN. The highest BCUT2D eigenvalue weighted by Gasteiger charge is 1.98. The van der Waals surface area contributed by atoms with E-state index < -0.39 is 0 Å². The highest BCUT2D eigenvalue weighted by Crippen LogP contribution is 1.94. The highest BCUT2D eigenvalue weighted by molar-refractivity contribution is 4.53. The van der Waals surface area contributed by atoms with Crippen LogP contribution in [-0.2, 0) is 0 Å². The van der Waals surface area contributed by atoms with Gasteiger partial charge in [0.15, 0.2) is 0 Å². The molecule has 0 unspecified atom stereocenters. The Labute approximate surface area is 139 Å². The molecule has 0 spiro atoms. The van der Waals surface area contributed by atoms with Crippen molar-refractivity contribution in [2.75, 3.05) is 58.9 Å². The van der Waals surface area contributed by atoms with E-state index in [4.69, 9.17) is 34.4 Å². The normalized spacial score (nSPS) is 9.00. The third-order valence-electron chi connectivity index (χ3n) is 2.12. The third kappa shape index (κ3) is 50.3. The lowest BCUT2D eigenvalue weighted by Crippen LogP contribution is -2.25. The van der Waals surface area contributed by atoms with Gasteiger partial charge in [-0.25, -0.2) is 0 Å². The van der Waals surface area contributed by atoms with E-state index in [1.807, 2.05) is 0 Å². The topological polar surface area (TPSA) is 159 Å². The van der Waals surface area contributed by atoms with Gasteiger partial charge in [0.25, 0.3) is 0 Å². The Balaban J connectivity index is -0.000000112. The molecule has 0 radical (unpaired) electrons. The van der Waals surface area contributed by atoms with Gasteiger partial charge in [0.1, 0.15) is 0 Å². The van der Waals surface area contributed by atoms with Crippen molar-refractivity contribution >= 4 is 0 Å². The molecule has 12 N–H and O–H groups in total. The van der Waals surface area contributed by atoms with Gasteiger partial charge >= 0.3 is 0 Å². The summed E-state index contributed by atoms with van der Waals surface area (Å²) in [6, 6.07) is 0. The van der Waals surface area contributed by atoms with Crippen LogP contribution in [0.15, 0.2) is 0 Å². The quantitative estimate of drug-likeness (QED) is 0.325. The van der Waals surface area contributed by atoms with Crippen LogP contribution in [0, 0.1) is 0 Å². The van der Waals surface area contributed by atoms with E-state index in [1.54, 1.807) is 0 Å². The minimum Gasteiger partial charge on any atom is -0.329 e. The first-order chi connectivity index (χ1) is 10.6. The van der Waals surface area contributed by atoms with Gasteiger partial charge in [0.05, 0.1) is 0 Å². The second kappa shape index (κ2) is 37.2. The summed E-state index contributed by atoms with van der Waals surface area (Å²) < 4.78 is 0. The molecular weight excluding hydrogens is 278 g/mol. The summed E-state index contributed by atoms with van der Waals surface area (Å²) in [7, 11) is 0. The molecule has 7 heteroatoms. The fourth-order valence-corrected chi connectivity index (χ4v) is 1.28. The molecular formula is C15H45N7. The third-order valence-corrected chi connectivity index (χ3v) is 2.12. The van der Waals surface area contributed by atoms with Crippen LogP contribution in [0.5, 0.6) is 0 Å². The van der Waals surface area contributed by atoms with E-state index in [2.05, 4.69) is 25.7 Å². The summed E-state index contributed by atoms with van der Waals surface area (Å²) >= 11 is 0. The summed E-state index contributed by atoms with van der Waals surface area (Å²) in [5.41, 5.74) is 29.4. The van der Waals surface area contributed by atoms with Crippen molar-refractivity contribution in [3.8, 4) is 0 Å². The Morgan fingerprint density at radius 2 is 0.636 bits per heavy atom. The first kappa shape index (κ1) is 29.7. The average molecular weight is 324 g/mol. The predicted molar refractivity (Wildman–Crippen MR) is 102 cm³/mol. The largest absolute Gasteiger partial charge is 0.329 e. The zero-order chi connectivity index (χ0) is 18.1. The Hall–Kier alpha value is -0.280. The maximum absolute atomic E-state index is 4.90. The van der Waals surface area contributed by atoms with Crippen LogP contribution in [0.3, 0.4) is 0 Å². The Bertz CT molecular complexity index is 107. The number of rotatable bonds is 9. The van der Waals surface area contributed by atoms with Crippen LogP contribution in [0.25, 0.3) is 0 Å². The van der Waals surface area contributed by atoms with Gasteiger partial charge < -0.3 is 39.3 Å². The van der Waals surface area contributed by atoms with Crippen molar-refractivity contribution in [1.82, 2.24) is 4.90 Å². The van der Waals surface area contributed by atoms with E-state index in [0.29, 0.717) is 39.3 Å². The van der Waals surface area contributed by atoms with Crippen LogP contribution in [0.1, 0.15) is 40.0 Å². The summed E-state index contributed by atoms with van der Waals surface area (Å²) in [4.78, 5) is 2.54. The molecule has 7 nitrogen and oxygen atoms in total. The van der Waals surface area contributed by atoms with Crippen LogP contribution < -0.4 is 34.4 Å². The second-order valence-corrected chi connectivity index (χ2v) is 4.57. The molecule has 22 heavy (non-hydrogen) atoms. The molecule has 0 aliphatic heterocycles. The smallest absolute Gasteiger partial charge is 0.00461 e. The number of nitrogens with zero attached hydrogens (tertiary/aromatic N) is 1. The maximum Gasteiger partial charge on any atom is 0.00461 e. The van der Waals surface area contributed by atoms with E-state index in [1.165, 1.54) is 38.9 Å². The minimum atomic E-state index is 0.597. The van der Waals surface area contributed by atoms with Crippen molar-refractivity contribution in [2.45, 2.75) is 40.0 Å². The number of hydrogen-bond donors (Lipinski definition) is 6. The summed E-state index contributed by atoms with van der Waals surface area (Å²) in [5, 5.41) is 0. The summed E-state index contributed by atoms with van der Waals surface area (Å²) in [5.74, 6) is 0. The Morgan fingerprint density at radius 1 is 0.455 bits per heavy atom. The second-order valence-electron chi connectivity index (χ2n) is 4.57. The molecule has 0 atom stereocenters. The minimum absolute atomic E-state index is 0.597. The molecule has 0 aromatic rings. The molecule has 0 heterocycles. The van der Waals surface area contributed by atoms with Gasteiger partial charge in [-0.05, 0) is 38.9 Å². The van der Waals surface area contributed by atoms with Crippen LogP contribution in [0.2, 0.25) is 0 Å². The van der Waals surface area contributed by atoms with Gasteiger partial charge in [-0.1, -0.05) is 20.8 Å². The van der Waals surface area contributed by atoms with Crippen molar-refractivity contribution in [3.63, 3.8) is 0 Å². The molecule has 0 aliphatic carbocycles. The first-order valence-electron chi connectivity index (χ1n) is 8.52. The zero-order valence-corrected chi connectivity index (χ0v) is 15.4. The molecule has 0 aromatic carbocycles. The van der Waals surface area contributed by atoms with E-state index in [0.717, 1.165) is 0 Å². The molecule has 0 rings (SSSR count). The van der Waals surface area contributed by atoms with E-state index >= 15 is 0 Å². The van der Waals surface area contributed by atoms with Crippen molar-refractivity contribution < 1.29 is 0 Å². The lowest BCUT2D eigenvalue weighted by molar-refractivity contribution is 0.275. The van der Waals surface area contributed by atoms with Crippen molar-refractivity contribution in [1.29, 1.82) is 0 Å². The summed E-state index contributed by atoms with van der Waals surface area (Å²) in [6.45, 7) is 14.2. The van der Waals surface area contributed by atoms with Gasteiger partial charge in [-0.2, -0.15) is 0 Å². The maximum atomic E-state index is 4.90. The number of hydrogen-bond acceptors (Lipinski definition) is 7. The van der Waals surface area contributed by atoms with Crippen molar-refractivity contribution in [2.24, 2.45) is 34.4 Å². The van der Waals surface area contributed by atoms with Crippen molar-refractivity contribution in [3.05, 3.63) is 0 Å². The van der Waals surface area contributed by atoms with Crippen LogP contribution >= 0.6 is 0 Å². The molecule has 0 saturated carbocycles. The molecule has 0 aliphatic rings. The van der Waals surface area contributed by atoms with E-state index in [-0.39, 0.29) is 0 Å². The average Bonchev–Trinajstić information content (AvgIpc) is 2.56. The molecule has 0 amide bonds. The van der Waals surface area contributed by atoms with Gasteiger partial charge in [0.2, 0.25) is 0 Å². The monoisotopic (exact) mass is 323 g/mol. The Kier molecular flexibility index (Phi) is 50.2.